The van der Waals surface area contributed by atoms with Gasteiger partial charge in [0.1, 0.15) is 0 Å². The first-order valence-corrected chi connectivity index (χ1v) is 7.02. The summed E-state index contributed by atoms with van der Waals surface area (Å²) in [5.74, 6) is -0.0714. The number of hydrogen-bond donors (Lipinski definition) is 1. The molecule has 0 saturated heterocycles. The Hall–Kier alpha value is -1.84. The van der Waals surface area contributed by atoms with Gasteiger partial charge in [-0.15, -0.1) is 0 Å². The summed E-state index contributed by atoms with van der Waals surface area (Å²) in [5.41, 5.74) is 1.27. The van der Waals surface area contributed by atoms with Gasteiger partial charge < -0.3 is 10.2 Å². The van der Waals surface area contributed by atoms with Crippen molar-refractivity contribution in [1.82, 2.24) is 10.2 Å². The average Bonchev–Trinajstić information content (AvgIpc) is 2.43. The van der Waals surface area contributed by atoms with Crippen molar-refractivity contribution in [2.24, 2.45) is 0 Å². The molecular formula is C16H24N2O2. The summed E-state index contributed by atoms with van der Waals surface area (Å²) < 4.78 is 0. The van der Waals surface area contributed by atoms with Crippen LogP contribution in [0.15, 0.2) is 30.3 Å². The van der Waals surface area contributed by atoms with E-state index in [0.717, 1.165) is 12.8 Å². The van der Waals surface area contributed by atoms with Crippen molar-refractivity contribution >= 4 is 11.8 Å². The zero-order valence-electron chi connectivity index (χ0n) is 12.6. The molecule has 4 heteroatoms. The third-order valence-corrected chi connectivity index (χ3v) is 3.18. The minimum absolute atomic E-state index is 0.0166. The van der Waals surface area contributed by atoms with Crippen LogP contribution in [0.2, 0.25) is 0 Å². The van der Waals surface area contributed by atoms with Gasteiger partial charge in [-0.3, -0.25) is 9.59 Å². The molecular weight excluding hydrogens is 252 g/mol. The van der Waals surface area contributed by atoms with Crippen molar-refractivity contribution in [3.63, 3.8) is 0 Å². The molecule has 1 rings (SSSR count). The number of amides is 2. The van der Waals surface area contributed by atoms with E-state index < -0.39 is 0 Å². The zero-order chi connectivity index (χ0) is 15.0. The number of benzene rings is 1. The van der Waals surface area contributed by atoms with E-state index in [1.807, 2.05) is 25.1 Å². The van der Waals surface area contributed by atoms with E-state index in [-0.39, 0.29) is 30.7 Å². The Balaban J connectivity index is 2.23. The first-order valence-electron chi connectivity index (χ1n) is 7.02. The molecule has 0 radical (unpaired) electrons. The second-order valence-electron chi connectivity index (χ2n) is 5.28. The highest BCUT2D eigenvalue weighted by molar-refractivity contribution is 5.83. The molecule has 0 aromatic heterocycles. The maximum Gasteiger partial charge on any atom is 0.222 e. The summed E-state index contributed by atoms with van der Waals surface area (Å²) in [7, 11) is 3.39. The lowest BCUT2D eigenvalue weighted by molar-refractivity contribution is -0.131. The zero-order valence-corrected chi connectivity index (χ0v) is 12.6. The maximum atomic E-state index is 11.7. The van der Waals surface area contributed by atoms with Gasteiger partial charge in [-0.05, 0) is 25.3 Å². The number of carbonyl (C=O) groups excluding carboxylic acids is 2. The first kappa shape index (κ1) is 16.2. The Morgan fingerprint density at radius 1 is 1.15 bits per heavy atom. The average molecular weight is 276 g/mol. The number of carbonyl (C=O) groups is 2. The lowest BCUT2D eigenvalue weighted by atomic mass is 10.1. The van der Waals surface area contributed by atoms with E-state index in [2.05, 4.69) is 17.4 Å². The minimum atomic E-state index is -0.0549. The Morgan fingerprint density at radius 2 is 1.80 bits per heavy atom. The van der Waals surface area contributed by atoms with Crippen LogP contribution in [0.5, 0.6) is 0 Å². The Labute approximate surface area is 121 Å². The third-order valence-electron chi connectivity index (χ3n) is 3.18. The highest BCUT2D eigenvalue weighted by Crippen LogP contribution is 2.05. The number of hydrogen-bond acceptors (Lipinski definition) is 2. The van der Waals surface area contributed by atoms with E-state index in [0.29, 0.717) is 0 Å². The summed E-state index contributed by atoms with van der Waals surface area (Å²) >= 11 is 0. The molecule has 1 atom stereocenters. The molecule has 0 aliphatic carbocycles. The van der Waals surface area contributed by atoms with Crippen LogP contribution in [0.4, 0.5) is 0 Å². The summed E-state index contributed by atoms with van der Waals surface area (Å²) in [6.07, 6.45) is 2.37. The molecule has 0 fully saturated rings. The summed E-state index contributed by atoms with van der Waals surface area (Å²) in [6.45, 7) is 1.99. The molecule has 2 amide bonds. The number of nitrogens with one attached hydrogen (secondary N) is 1. The Morgan fingerprint density at radius 3 is 2.40 bits per heavy atom. The number of aryl methyl sites for hydroxylation is 1. The van der Waals surface area contributed by atoms with Crippen molar-refractivity contribution in [2.45, 2.75) is 38.6 Å². The quantitative estimate of drug-likeness (QED) is 0.828. The second-order valence-corrected chi connectivity index (χ2v) is 5.28. The van der Waals surface area contributed by atoms with E-state index in [1.54, 1.807) is 14.1 Å². The predicted octanol–water partition coefficient (Wildman–Crippen LogP) is 1.99. The molecule has 0 aliphatic rings. The molecule has 0 unspecified atom stereocenters. The lowest BCUT2D eigenvalue weighted by Gasteiger charge is -2.14. The van der Waals surface area contributed by atoms with Crippen molar-refractivity contribution in [3.8, 4) is 0 Å². The first-order chi connectivity index (χ1) is 9.49. The van der Waals surface area contributed by atoms with Gasteiger partial charge >= 0.3 is 0 Å². The van der Waals surface area contributed by atoms with E-state index >= 15 is 0 Å². The van der Waals surface area contributed by atoms with Crippen LogP contribution in [0.25, 0.3) is 0 Å². The fourth-order valence-corrected chi connectivity index (χ4v) is 1.89. The van der Waals surface area contributed by atoms with Gasteiger partial charge in [0, 0.05) is 33.0 Å². The van der Waals surface area contributed by atoms with Crippen molar-refractivity contribution in [1.29, 1.82) is 0 Å². The molecule has 20 heavy (non-hydrogen) atoms. The molecule has 0 aliphatic heterocycles. The maximum absolute atomic E-state index is 11.7. The number of nitrogens with zero attached hydrogens (tertiary/aromatic N) is 1. The molecule has 0 spiro atoms. The number of rotatable bonds is 7. The molecule has 0 bridgehead atoms. The van der Waals surface area contributed by atoms with Gasteiger partial charge in [-0.2, -0.15) is 0 Å². The SMILES string of the molecule is C[C@@H](CCc1ccccc1)NC(=O)CCC(=O)N(C)C. The van der Waals surface area contributed by atoms with Gasteiger partial charge in [0.15, 0.2) is 0 Å². The molecule has 0 heterocycles. The topological polar surface area (TPSA) is 49.4 Å². The van der Waals surface area contributed by atoms with E-state index in [1.165, 1.54) is 10.5 Å². The predicted molar refractivity (Wildman–Crippen MR) is 80.3 cm³/mol. The van der Waals surface area contributed by atoms with Crippen LogP contribution in [-0.4, -0.2) is 36.9 Å². The minimum Gasteiger partial charge on any atom is -0.354 e. The normalized spacial score (nSPS) is 11.8. The summed E-state index contributed by atoms with van der Waals surface area (Å²) in [5, 5.41) is 2.93. The van der Waals surface area contributed by atoms with Crippen LogP contribution >= 0.6 is 0 Å². The van der Waals surface area contributed by atoms with Gasteiger partial charge in [-0.25, -0.2) is 0 Å². The van der Waals surface area contributed by atoms with Crippen molar-refractivity contribution < 1.29 is 9.59 Å². The lowest BCUT2D eigenvalue weighted by Crippen LogP contribution is -2.33. The van der Waals surface area contributed by atoms with Crippen LogP contribution in [0.1, 0.15) is 31.7 Å². The van der Waals surface area contributed by atoms with E-state index in [9.17, 15) is 9.59 Å². The summed E-state index contributed by atoms with van der Waals surface area (Å²) in [4.78, 5) is 24.6. The van der Waals surface area contributed by atoms with Crippen LogP contribution in [0.3, 0.4) is 0 Å². The van der Waals surface area contributed by atoms with Gasteiger partial charge in [-0.1, -0.05) is 30.3 Å². The molecule has 4 nitrogen and oxygen atoms in total. The van der Waals surface area contributed by atoms with E-state index in [4.69, 9.17) is 0 Å². The van der Waals surface area contributed by atoms with Gasteiger partial charge in [0.05, 0.1) is 0 Å². The highest BCUT2D eigenvalue weighted by atomic mass is 16.2. The Bertz CT molecular complexity index is 429. The van der Waals surface area contributed by atoms with Crippen molar-refractivity contribution in [3.05, 3.63) is 35.9 Å². The third kappa shape index (κ3) is 6.36. The molecule has 1 aromatic carbocycles. The molecule has 1 N–H and O–H groups in total. The fraction of sp³-hybridized carbons (Fsp3) is 0.500. The highest BCUT2D eigenvalue weighted by Gasteiger charge is 2.11. The Kier molecular flexibility index (Phi) is 6.77. The van der Waals surface area contributed by atoms with Crippen LogP contribution in [-0.2, 0) is 16.0 Å². The smallest absolute Gasteiger partial charge is 0.222 e. The van der Waals surface area contributed by atoms with Crippen LogP contribution < -0.4 is 5.32 Å². The molecule has 1 aromatic rings. The van der Waals surface area contributed by atoms with Gasteiger partial charge in [0.25, 0.3) is 0 Å². The van der Waals surface area contributed by atoms with Crippen molar-refractivity contribution in [2.75, 3.05) is 14.1 Å². The molecule has 0 saturated carbocycles. The van der Waals surface area contributed by atoms with Crippen LogP contribution in [0, 0.1) is 0 Å². The largest absolute Gasteiger partial charge is 0.354 e. The van der Waals surface area contributed by atoms with Gasteiger partial charge in [0.2, 0.25) is 11.8 Å². The standard InChI is InChI=1S/C16H24N2O2/c1-13(9-10-14-7-5-4-6-8-14)17-15(19)11-12-16(20)18(2)3/h4-8,13H,9-12H2,1-3H3,(H,17,19)/t13-/m0/s1. The summed E-state index contributed by atoms with van der Waals surface area (Å²) in [6, 6.07) is 10.3. The monoisotopic (exact) mass is 276 g/mol. The fourth-order valence-electron chi connectivity index (χ4n) is 1.89. The second kappa shape index (κ2) is 8.35. The molecule has 110 valence electrons.